The second-order valence-electron chi connectivity index (χ2n) is 7.60. The monoisotopic (exact) mass is 370 g/mol. The molecule has 1 atom stereocenters. The minimum absolute atomic E-state index is 0.0439. The molecule has 4 heteroatoms. The maximum atomic E-state index is 11.9. The highest BCUT2D eigenvalue weighted by Gasteiger charge is 2.13. The van der Waals surface area contributed by atoms with Crippen LogP contribution >= 0.6 is 0 Å². The van der Waals surface area contributed by atoms with E-state index >= 15 is 0 Å². The Labute approximate surface area is 161 Å². The van der Waals surface area contributed by atoms with Crippen LogP contribution < -0.4 is 0 Å². The van der Waals surface area contributed by atoms with E-state index in [2.05, 4.69) is 6.92 Å². The Morgan fingerprint density at radius 2 is 1.27 bits per heavy atom. The van der Waals surface area contributed by atoms with Gasteiger partial charge in [-0.3, -0.25) is 9.59 Å². The van der Waals surface area contributed by atoms with Crippen LogP contribution in [0.1, 0.15) is 117 Å². The number of ether oxygens (including phenoxy) is 1. The minimum atomic E-state index is -0.728. The molecule has 0 heterocycles. The predicted molar refractivity (Wildman–Crippen MR) is 107 cm³/mol. The van der Waals surface area contributed by atoms with Crippen LogP contribution in [0, 0.1) is 5.92 Å². The zero-order valence-electron chi connectivity index (χ0n) is 17.3. The first-order chi connectivity index (χ1) is 12.6. The van der Waals surface area contributed by atoms with Gasteiger partial charge >= 0.3 is 11.9 Å². The molecule has 0 bridgehead atoms. The van der Waals surface area contributed by atoms with E-state index in [0.29, 0.717) is 6.61 Å². The van der Waals surface area contributed by atoms with Gasteiger partial charge in [0.25, 0.3) is 0 Å². The van der Waals surface area contributed by atoms with Crippen LogP contribution in [-0.2, 0) is 14.3 Å². The van der Waals surface area contributed by atoms with Gasteiger partial charge in [-0.1, -0.05) is 90.9 Å². The molecular weight excluding hydrogens is 328 g/mol. The fourth-order valence-corrected chi connectivity index (χ4v) is 3.10. The van der Waals surface area contributed by atoms with Crippen molar-refractivity contribution in [3.8, 4) is 0 Å². The van der Waals surface area contributed by atoms with Crippen LogP contribution in [0.3, 0.4) is 0 Å². The number of aliphatic carboxylic acids is 1. The Hall–Kier alpha value is -1.06. The zero-order chi connectivity index (χ0) is 19.5. The maximum Gasteiger partial charge on any atom is 0.308 e. The molecule has 0 aliphatic heterocycles. The summed E-state index contributed by atoms with van der Waals surface area (Å²) in [5.74, 6) is -0.849. The lowest BCUT2D eigenvalue weighted by molar-refractivity contribution is -0.148. The topological polar surface area (TPSA) is 63.6 Å². The molecule has 0 aromatic heterocycles. The second-order valence-corrected chi connectivity index (χ2v) is 7.60. The van der Waals surface area contributed by atoms with E-state index in [1.165, 1.54) is 51.4 Å². The molecule has 0 amide bonds. The van der Waals surface area contributed by atoms with Crippen LogP contribution in [0.15, 0.2) is 0 Å². The Balaban J connectivity index is 3.35. The summed E-state index contributed by atoms with van der Waals surface area (Å²) in [5.41, 5.74) is 0. The highest BCUT2D eigenvalue weighted by molar-refractivity contribution is 5.71. The van der Waals surface area contributed by atoms with Crippen molar-refractivity contribution in [1.82, 2.24) is 0 Å². The predicted octanol–water partition coefficient (Wildman–Crippen LogP) is 6.51. The van der Waals surface area contributed by atoms with Crippen molar-refractivity contribution in [2.75, 3.05) is 6.61 Å². The van der Waals surface area contributed by atoms with E-state index in [1.807, 2.05) is 6.92 Å². The third kappa shape index (κ3) is 17.8. The number of rotatable bonds is 19. The minimum Gasteiger partial charge on any atom is -0.481 e. The first kappa shape index (κ1) is 24.9. The molecule has 1 N–H and O–H groups in total. The lowest BCUT2D eigenvalue weighted by Crippen LogP contribution is -2.15. The number of carboxylic acid groups (broad SMARTS) is 1. The van der Waals surface area contributed by atoms with Crippen LogP contribution in [0.4, 0.5) is 0 Å². The van der Waals surface area contributed by atoms with Gasteiger partial charge < -0.3 is 9.84 Å². The number of unbranched alkanes of at least 4 members (excludes halogenated alkanes) is 12. The SMILES string of the molecule is CCCCCCCCCCCCOC(=O)C(C)CCCCCCC(=O)O. The highest BCUT2D eigenvalue weighted by atomic mass is 16.5. The molecule has 0 radical (unpaired) electrons. The average molecular weight is 371 g/mol. The van der Waals surface area contributed by atoms with Crippen molar-refractivity contribution in [1.29, 1.82) is 0 Å². The first-order valence-electron chi connectivity index (χ1n) is 11.0. The van der Waals surface area contributed by atoms with Crippen LogP contribution in [0.2, 0.25) is 0 Å². The highest BCUT2D eigenvalue weighted by Crippen LogP contribution is 2.14. The molecule has 0 saturated carbocycles. The van der Waals surface area contributed by atoms with Gasteiger partial charge in [-0.2, -0.15) is 0 Å². The third-order valence-corrected chi connectivity index (χ3v) is 4.92. The molecule has 1 unspecified atom stereocenters. The van der Waals surface area contributed by atoms with Crippen molar-refractivity contribution in [3.63, 3.8) is 0 Å². The van der Waals surface area contributed by atoms with Gasteiger partial charge in [0, 0.05) is 6.42 Å². The molecule has 154 valence electrons. The fraction of sp³-hybridized carbons (Fsp3) is 0.909. The van der Waals surface area contributed by atoms with Crippen molar-refractivity contribution in [2.45, 2.75) is 117 Å². The van der Waals surface area contributed by atoms with Gasteiger partial charge in [-0.05, 0) is 19.3 Å². The van der Waals surface area contributed by atoms with Gasteiger partial charge in [0.15, 0.2) is 0 Å². The number of esters is 1. The fourth-order valence-electron chi connectivity index (χ4n) is 3.10. The first-order valence-corrected chi connectivity index (χ1v) is 11.0. The molecule has 0 spiro atoms. The Kier molecular flexibility index (Phi) is 18.0. The van der Waals surface area contributed by atoms with Gasteiger partial charge in [-0.25, -0.2) is 0 Å². The number of carbonyl (C=O) groups is 2. The van der Waals surface area contributed by atoms with Gasteiger partial charge in [0.2, 0.25) is 0 Å². The van der Waals surface area contributed by atoms with E-state index in [9.17, 15) is 9.59 Å². The summed E-state index contributed by atoms with van der Waals surface area (Å²) >= 11 is 0. The van der Waals surface area contributed by atoms with Crippen molar-refractivity contribution in [2.24, 2.45) is 5.92 Å². The summed E-state index contributed by atoms with van der Waals surface area (Å²) in [6.45, 7) is 4.73. The molecule has 0 aromatic rings. The zero-order valence-corrected chi connectivity index (χ0v) is 17.3. The van der Waals surface area contributed by atoms with Crippen molar-refractivity contribution < 1.29 is 19.4 Å². The normalized spacial score (nSPS) is 12.1. The number of hydrogen-bond acceptors (Lipinski definition) is 3. The van der Waals surface area contributed by atoms with Gasteiger partial charge in [0.1, 0.15) is 0 Å². The van der Waals surface area contributed by atoms with Crippen LogP contribution in [0.5, 0.6) is 0 Å². The molecule has 0 fully saturated rings. The molecule has 0 saturated heterocycles. The second kappa shape index (κ2) is 18.7. The van der Waals surface area contributed by atoms with Crippen molar-refractivity contribution in [3.05, 3.63) is 0 Å². The van der Waals surface area contributed by atoms with E-state index in [0.717, 1.165) is 44.9 Å². The lowest BCUT2D eigenvalue weighted by atomic mass is 10.0. The summed E-state index contributed by atoms with van der Waals surface area (Å²) in [4.78, 5) is 22.3. The summed E-state index contributed by atoms with van der Waals surface area (Å²) in [6.07, 6.45) is 17.5. The maximum absolute atomic E-state index is 11.9. The van der Waals surface area contributed by atoms with E-state index in [4.69, 9.17) is 9.84 Å². The quantitative estimate of drug-likeness (QED) is 0.208. The molecule has 0 aliphatic rings. The Morgan fingerprint density at radius 3 is 1.85 bits per heavy atom. The summed E-state index contributed by atoms with van der Waals surface area (Å²) < 4.78 is 5.37. The summed E-state index contributed by atoms with van der Waals surface area (Å²) in [6, 6.07) is 0. The standard InChI is InChI=1S/C22H42O4/c1-3-4-5-6-7-8-9-10-13-16-19-26-22(25)20(2)17-14-11-12-15-18-21(23)24/h20H,3-19H2,1-2H3,(H,23,24). The van der Waals surface area contributed by atoms with E-state index in [-0.39, 0.29) is 18.3 Å². The smallest absolute Gasteiger partial charge is 0.308 e. The Bertz CT molecular complexity index is 341. The van der Waals surface area contributed by atoms with Gasteiger partial charge in [0.05, 0.1) is 12.5 Å². The number of hydrogen-bond donors (Lipinski definition) is 1. The molecule has 0 aromatic carbocycles. The average Bonchev–Trinajstić information content (AvgIpc) is 2.61. The third-order valence-electron chi connectivity index (χ3n) is 4.92. The lowest BCUT2D eigenvalue weighted by Gasteiger charge is -2.11. The Morgan fingerprint density at radius 1 is 0.769 bits per heavy atom. The van der Waals surface area contributed by atoms with Crippen LogP contribution in [-0.4, -0.2) is 23.7 Å². The molecule has 0 aliphatic carbocycles. The van der Waals surface area contributed by atoms with Gasteiger partial charge in [-0.15, -0.1) is 0 Å². The molecule has 26 heavy (non-hydrogen) atoms. The molecular formula is C22H42O4. The molecule has 0 rings (SSSR count). The van der Waals surface area contributed by atoms with Crippen molar-refractivity contribution >= 4 is 11.9 Å². The largest absolute Gasteiger partial charge is 0.481 e. The van der Waals surface area contributed by atoms with E-state index in [1.54, 1.807) is 0 Å². The summed E-state index contributed by atoms with van der Waals surface area (Å²) in [5, 5.41) is 8.57. The number of carbonyl (C=O) groups excluding carboxylic acids is 1. The van der Waals surface area contributed by atoms with E-state index < -0.39 is 5.97 Å². The molecule has 4 nitrogen and oxygen atoms in total. The number of carboxylic acids is 1. The summed E-state index contributed by atoms with van der Waals surface area (Å²) in [7, 11) is 0. The van der Waals surface area contributed by atoms with Crippen LogP contribution in [0.25, 0.3) is 0 Å².